The summed E-state index contributed by atoms with van der Waals surface area (Å²) in [7, 11) is 0. The minimum atomic E-state index is -0.642. The van der Waals surface area contributed by atoms with Crippen molar-refractivity contribution in [3.63, 3.8) is 0 Å². The zero-order valence-corrected chi connectivity index (χ0v) is 12.4. The van der Waals surface area contributed by atoms with E-state index in [2.05, 4.69) is 15.3 Å². The fourth-order valence-electron chi connectivity index (χ4n) is 1.88. The normalized spacial score (nSPS) is 10.0. The first kappa shape index (κ1) is 16.2. The van der Waals surface area contributed by atoms with E-state index in [4.69, 9.17) is 15.9 Å². The van der Waals surface area contributed by atoms with Crippen LogP contribution >= 0.6 is 0 Å². The molecule has 0 spiro atoms. The molecule has 0 radical (unpaired) electrons. The summed E-state index contributed by atoms with van der Waals surface area (Å²) in [4.78, 5) is 17.8. The number of anilines is 1. The first-order valence-corrected chi connectivity index (χ1v) is 6.70. The van der Waals surface area contributed by atoms with E-state index in [1.54, 1.807) is 31.5 Å². The molecule has 0 aliphatic heterocycles. The van der Waals surface area contributed by atoms with E-state index in [1.807, 2.05) is 6.07 Å². The minimum Gasteiger partial charge on any atom is -0.456 e. The minimum absolute atomic E-state index is 0.155. The summed E-state index contributed by atoms with van der Waals surface area (Å²) in [6.07, 6.45) is 3.20. The van der Waals surface area contributed by atoms with Crippen LogP contribution in [0.15, 0.2) is 41.1 Å². The zero-order chi connectivity index (χ0) is 16.8. The summed E-state index contributed by atoms with van der Waals surface area (Å²) in [5.74, 6) is 0.390. The molecule has 2 aromatic heterocycles. The van der Waals surface area contributed by atoms with Gasteiger partial charge in [-0.05, 0) is 36.8 Å². The van der Waals surface area contributed by atoms with E-state index in [0.717, 1.165) is 5.56 Å². The summed E-state index contributed by atoms with van der Waals surface area (Å²) < 4.78 is 18.7. The Morgan fingerprint density at radius 3 is 2.57 bits per heavy atom. The molecular formula is C15H16FN5O2. The predicted molar refractivity (Wildman–Crippen MR) is 83.8 cm³/mol. The van der Waals surface area contributed by atoms with E-state index >= 15 is 0 Å². The highest BCUT2D eigenvalue weighted by Crippen LogP contribution is 2.23. The molecule has 3 aromatic rings. The van der Waals surface area contributed by atoms with Crippen molar-refractivity contribution in [3.05, 3.63) is 53.8 Å². The number of carbonyl (C=O) groups is 1. The number of aryl methyl sites for hydroxylation is 1. The van der Waals surface area contributed by atoms with Crippen LogP contribution in [0, 0.1) is 12.7 Å². The number of carbonyl (C=O) groups excluding carboxylic acids is 1. The highest BCUT2D eigenvalue weighted by molar-refractivity contribution is 5.79. The van der Waals surface area contributed by atoms with Crippen molar-refractivity contribution in [2.45, 2.75) is 13.5 Å². The van der Waals surface area contributed by atoms with E-state index in [0.29, 0.717) is 17.1 Å². The average Bonchev–Trinajstić information content (AvgIpc) is 2.90. The Bertz CT molecular complexity index is 804. The molecule has 23 heavy (non-hydrogen) atoms. The molecule has 0 fully saturated rings. The molecule has 0 aliphatic carbocycles. The van der Waals surface area contributed by atoms with Crippen molar-refractivity contribution >= 4 is 22.9 Å². The largest absolute Gasteiger partial charge is 0.456 e. The lowest BCUT2D eigenvalue weighted by atomic mass is 10.2. The molecule has 8 heteroatoms. The van der Waals surface area contributed by atoms with Gasteiger partial charge in [-0.15, -0.1) is 0 Å². The van der Waals surface area contributed by atoms with Gasteiger partial charge in [0.2, 0.25) is 5.95 Å². The Kier molecular flexibility index (Phi) is 5.08. The van der Waals surface area contributed by atoms with Crippen LogP contribution in [-0.4, -0.2) is 16.0 Å². The quantitative estimate of drug-likeness (QED) is 0.668. The van der Waals surface area contributed by atoms with Crippen molar-refractivity contribution < 1.29 is 13.6 Å². The highest BCUT2D eigenvalue weighted by atomic mass is 19.1. The van der Waals surface area contributed by atoms with Crippen LogP contribution in [0.3, 0.4) is 0 Å². The number of primary amides is 1. The van der Waals surface area contributed by atoms with Crippen molar-refractivity contribution in [1.82, 2.24) is 15.3 Å². The van der Waals surface area contributed by atoms with Crippen molar-refractivity contribution in [2.75, 3.05) is 5.73 Å². The van der Waals surface area contributed by atoms with Gasteiger partial charge in [-0.3, -0.25) is 0 Å². The first-order chi connectivity index (χ1) is 11.0. The molecule has 0 bridgehead atoms. The standard InChI is InChI=1S/C11H11FN2O2.C4H5N3/c1-6-2-7-4-8(5-14-11(13)15)16-10(7)9(12)3-6;5-4-6-2-1-3-7-4/h2-4H,5H2,1H3,(H3,13,14,15);1-3H,(H2,5,6,7). The second-order valence-electron chi connectivity index (χ2n) is 4.70. The Balaban J connectivity index is 0.000000229. The van der Waals surface area contributed by atoms with Gasteiger partial charge in [0.25, 0.3) is 0 Å². The van der Waals surface area contributed by atoms with Gasteiger partial charge in [0.05, 0.1) is 6.54 Å². The number of amides is 2. The number of aromatic nitrogens is 2. The fraction of sp³-hybridized carbons (Fsp3) is 0.133. The second kappa shape index (κ2) is 7.21. The zero-order valence-electron chi connectivity index (χ0n) is 12.4. The number of furan rings is 1. The predicted octanol–water partition coefficient (Wildman–Crippen LogP) is 2.11. The monoisotopic (exact) mass is 317 g/mol. The van der Waals surface area contributed by atoms with E-state index in [9.17, 15) is 9.18 Å². The van der Waals surface area contributed by atoms with Crippen LogP contribution in [0.2, 0.25) is 0 Å². The number of nitrogens with one attached hydrogen (secondary N) is 1. The van der Waals surface area contributed by atoms with Crippen molar-refractivity contribution in [1.29, 1.82) is 0 Å². The SMILES string of the molecule is Cc1cc(F)c2oc(CNC(N)=O)cc2c1.Nc1ncccn1. The Morgan fingerprint density at radius 2 is 2.00 bits per heavy atom. The summed E-state index contributed by atoms with van der Waals surface area (Å²) >= 11 is 0. The number of urea groups is 1. The highest BCUT2D eigenvalue weighted by Gasteiger charge is 2.09. The molecule has 0 aliphatic rings. The lowest BCUT2D eigenvalue weighted by Crippen LogP contribution is -2.28. The number of hydrogen-bond donors (Lipinski definition) is 3. The average molecular weight is 317 g/mol. The lowest BCUT2D eigenvalue weighted by molar-refractivity contribution is 0.247. The third kappa shape index (κ3) is 4.67. The summed E-state index contributed by atoms with van der Waals surface area (Å²) in [6.45, 7) is 1.96. The summed E-state index contributed by atoms with van der Waals surface area (Å²) in [5, 5.41) is 3.06. The van der Waals surface area contributed by atoms with Crippen LogP contribution in [0.5, 0.6) is 0 Å². The molecule has 120 valence electrons. The molecule has 5 N–H and O–H groups in total. The van der Waals surface area contributed by atoms with Gasteiger partial charge in [-0.25, -0.2) is 19.2 Å². The number of fused-ring (bicyclic) bond motifs is 1. The molecule has 0 saturated heterocycles. The molecule has 0 unspecified atom stereocenters. The fourth-order valence-corrected chi connectivity index (χ4v) is 1.88. The summed E-state index contributed by atoms with van der Waals surface area (Å²) in [6, 6.07) is 5.97. The molecule has 2 heterocycles. The first-order valence-electron chi connectivity index (χ1n) is 6.70. The van der Waals surface area contributed by atoms with Crippen LogP contribution in [0.4, 0.5) is 15.1 Å². The molecule has 3 rings (SSSR count). The van der Waals surface area contributed by atoms with Crippen LogP contribution < -0.4 is 16.8 Å². The smallest absolute Gasteiger partial charge is 0.312 e. The second-order valence-corrected chi connectivity index (χ2v) is 4.70. The van der Waals surface area contributed by atoms with Crippen molar-refractivity contribution in [3.8, 4) is 0 Å². The Morgan fingerprint density at radius 1 is 1.30 bits per heavy atom. The number of hydrogen-bond acceptors (Lipinski definition) is 5. The van der Waals surface area contributed by atoms with E-state index in [1.165, 1.54) is 6.07 Å². The molecule has 0 atom stereocenters. The number of benzene rings is 1. The topological polar surface area (TPSA) is 120 Å². The maximum absolute atomic E-state index is 13.5. The number of nitrogen functional groups attached to an aromatic ring is 1. The van der Waals surface area contributed by atoms with E-state index in [-0.39, 0.29) is 12.1 Å². The third-order valence-corrected chi connectivity index (χ3v) is 2.79. The summed E-state index contributed by atoms with van der Waals surface area (Å²) in [5.41, 5.74) is 11.1. The maximum Gasteiger partial charge on any atom is 0.312 e. The van der Waals surface area contributed by atoms with Crippen LogP contribution in [0.25, 0.3) is 11.0 Å². The van der Waals surface area contributed by atoms with Gasteiger partial charge in [0.15, 0.2) is 11.4 Å². The number of nitrogens with zero attached hydrogens (tertiary/aromatic N) is 2. The van der Waals surface area contributed by atoms with Gasteiger partial charge >= 0.3 is 6.03 Å². The van der Waals surface area contributed by atoms with Crippen LogP contribution in [-0.2, 0) is 6.54 Å². The molecule has 0 saturated carbocycles. The lowest BCUT2D eigenvalue weighted by Gasteiger charge is -1.96. The molecule has 1 aromatic carbocycles. The van der Waals surface area contributed by atoms with Crippen molar-refractivity contribution in [2.24, 2.45) is 5.73 Å². The third-order valence-electron chi connectivity index (χ3n) is 2.79. The number of nitrogens with two attached hydrogens (primary N) is 2. The Labute approximate surface area is 131 Å². The molecule has 2 amide bonds. The molecule has 7 nitrogen and oxygen atoms in total. The number of halogens is 1. The van der Waals surface area contributed by atoms with Gasteiger partial charge in [0, 0.05) is 17.8 Å². The van der Waals surface area contributed by atoms with E-state index < -0.39 is 11.8 Å². The van der Waals surface area contributed by atoms with Gasteiger partial charge in [-0.1, -0.05) is 0 Å². The van der Waals surface area contributed by atoms with Gasteiger partial charge in [-0.2, -0.15) is 0 Å². The van der Waals surface area contributed by atoms with Gasteiger partial charge in [0.1, 0.15) is 5.76 Å². The van der Waals surface area contributed by atoms with Gasteiger partial charge < -0.3 is 21.2 Å². The maximum atomic E-state index is 13.5. The number of rotatable bonds is 2. The Hall–Kier alpha value is -3.16. The molecular weight excluding hydrogens is 301 g/mol. The van der Waals surface area contributed by atoms with Crippen LogP contribution in [0.1, 0.15) is 11.3 Å².